The van der Waals surface area contributed by atoms with Crippen molar-refractivity contribution in [3.8, 4) is 0 Å². The van der Waals surface area contributed by atoms with Crippen molar-refractivity contribution < 1.29 is 22.5 Å². The maximum atomic E-state index is 12.6. The van der Waals surface area contributed by atoms with Crippen LogP contribution < -0.4 is 0 Å². The zero-order valence-electron chi connectivity index (χ0n) is 10.5. The summed E-state index contributed by atoms with van der Waals surface area (Å²) in [4.78, 5) is 12.9. The summed E-state index contributed by atoms with van der Waals surface area (Å²) in [6.45, 7) is 0.464. The van der Waals surface area contributed by atoms with E-state index in [0.717, 1.165) is 17.7 Å². The standard InChI is InChI=1S/C12H15F3N2O2/c1-8(9-2-3-9)17(7-12(13,14)15)11(18)6-10-4-5-19-16-10/h4-5,8-9H,2-3,6-7H2,1H3/t8-/m1/s1. The molecule has 0 unspecified atom stereocenters. The summed E-state index contributed by atoms with van der Waals surface area (Å²) >= 11 is 0. The highest BCUT2D eigenvalue weighted by Crippen LogP contribution is 2.36. The van der Waals surface area contributed by atoms with Gasteiger partial charge in [-0.2, -0.15) is 13.2 Å². The fourth-order valence-electron chi connectivity index (χ4n) is 2.07. The van der Waals surface area contributed by atoms with Gasteiger partial charge in [-0.25, -0.2) is 0 Å². The normalized spacial score (nSPS) is 17.3. The molecule has 0 bridgehead atoms. The molecule has 7 heteroatoms. The Morgan fingerprint density at radius 1 is 1.58 bits per heavy atom. The van der Waals surface area contributed by atoms with Crippen LogP contribution in [0.3, 0.4) is 0 Å². The summed E-state index contributed by atoms with van der Waals surface area (Å²) in [5.74, 6) is -0.380. The van der Waals surface area contributed by atoms with E-state index in [1.54, 1.807) is 6.92 Å². The monoisotopic (exact) mass is 276 g/mol. The molecule has 0 saturated heterocycles. The van der Waals surface area contributed by atoms with E-state index in [2.05, 4.69) is 9.68 Å². The highest BCUT2D eigenvalue weighted by atomic mass is 19.4. The van der Waals surface area contributed by atoms with Gasteiger partial charge in [-0.3, -0.25) is 4.79 Å². The Labute approximate surface area is 108 Å². The van der Waals surface area contributed by atoms with E-state index in [-0.39, 0.29) is 18.4 Å². The number of aromatic nitrogens is 1. The Kier molecular flexibility index (Phi) is 3.82. The van der Waals surface area contributed by atoms with Gasteiger partial charge < -0.3 is 9.42 Å². The first-order valence-electron chi connectivity index (χ1n) is 6.12. The van der Waals surface area contributed by atoms with Crippen molar-refractivity contribution in [2.45, 2.75) is 38.4 Å². The van der Waals surface area contributed by atoms with Gasteiger partial charge in [0.1, 0.15) is 12.8 Å². The lowest BCUT2D eigenvalue weighted by molar-refractivity contribution is -0.165. The Morgan fingerprint density at radius 2 is 2.26 bits per heavy atom. The van der Waals surface area contributed by atoms with Gasteiger partial charge in [0.05, 0.1) is 12.1 Å². The largest absolute Gasteiger partial charge is 0.406 e. The van der Waals surface area contributed by atoms with Crippen molar-refractivity contribution >= 4 is 5.91 Å². The van der Waals surface area contributed by atoms with Gasteiger partial charge in [-0.1, -0.05) is 5.16 Å². The highest BCUT2D eigenvalue weighted by molar-refractivity contribution is 5.78. The minimum atomic E-state index is -4.39. The van der Waals surface area contributed by atoms with Gasteiger partial charge >= 0.3 is 6.18 Å². The van der Waals surface area contributed by atoms with Crippen LogP contribution in [0.2, 0.25) is 0 Å². The van der Waals surface area contributed by atoms with Gasteiger partial charge in [0.2, 0.25) is 5.91 Å². The molecule has 2 rings (SSSR count). The molecule has 4 nitrogen and oxygen atoms in total. The van der Waals surface area contributed by atoms with Crippen LogP contribution in [0.1, 0.15) is 25.5 Å². The molecule has 0 radical (unpaired) electrons. The molecule has 1 aromatic rings. The van der Waals surface area contributed by atoms with Crippen LogP contribution in [0.5, 0.6) is 0 Å². The lowest BCUT2D eigenvalue weighted by atomic mass is 10.1. The summed E-state index contributed by atoms with van der Waals surface area (Å²) in [6, 6.07) is 1.09. The second-order valence-corrected chi connectivity index (χ2v) is 4.88. The molecule has 1 saturated carbocycles. The van der Waals surface area contributed by atoms with E-state index in [1.807, 2.05) is 0 Å². The molecular formula is C12H15F3N2O2. The number of halogens is 3. The second kappa shape index (κ2) is 5.22. The Morgan fingerprint density at radius 3 is 2.74 bits per heavy atom. The third-order valence-corrected chi connectivity index (χ3v) is 3.29. The van der Waals surface area contributed by atoms with Gasteiger partial charge in [-0.05, 0) is 25.7 Å². The Balaban J connectivity index is 2.04. The fraction of sp³-hybridized carbons (Fsp3) is 0.667. The topological polar surface area (TPSA) is 46.3 Å². The number of nitrogens with zero attached hydrogens (tertiary/aromatic N) is 2. The van der Waals surface area contributed by atoms with E-state index in [9.17, 15) is 18.0 Å². The fourth-order valence-corrected chi connectivity index (χ4v) is 2.07. The number of hydrogen-bond donors (Lipinski definition) is 0. The molecule has 1 heterocycles. The molecule has 0 N–H and O–H groups in total. The maximum absolute atomic E-state index is 12.6. The van der Waals surface area contributed by atoms with Gasteiger partial charge in [0, 0.05) is 12.1 Å². The number of carbonyl (C=O) groups excluding carboxylic acids is 1. The number of rotatable bonds is 5. The summed E-state index contributed by atoms with van der Waals surface area (Å²) in [7, 11) is 0. The molecule has 1 aromatic heterocycles. The maximum Gasteiger partial charge on any atom is 0.406 e. The predicted molar refractivity (Wildman–Crippen MR) is 60.2 cm³/mol. The lowest BCUT2D eigenvalue weighted by Gasteiger charge is -2.30. The molecule has 1 fully saturated rings. The highest BCUT2D eigenvalue weighted by Gasteiger charge is 2.40. The van der Waals surface area contributed by atoms with Crippen LogP contribution in [-0.2, 0) is 11.2 Å². The SMILES string of the molecule is C[C@H](C1CC1)N(CC(F)(F)F)C(=O)Cc1ccon1. The van der Waals surface area contributed by atoms with Crippen molar-refractivity contribution in [3.05, 3.63) is 18.0 Å². The molecule has 19 heavy (non-hydrogen) atoms. The first kappa shape index (κ1) is 13.9. The molecule has 0 spiro atoms. The van der Waals surface area contributed by atoms with Gasteiger partial charge in [0.15, 0.2) is 0 Å². The minimum Gasteiger partial charge on any atom is -0.364 e. The van der Waals surface area contributed by atoms with E-state index in [4.69, 9.17) is 0 Å². The van der Waals surface area contributed by atoms with Crippen molar-refractivity contribution in [1.29, 1.82) is 0 Å². The second-order valence-electron chi connectivity index (χ2n) is 4.88. The first-order valence-corrected chi connectivity index (χ1v) is 6.12. The van der Waals surface area contributed by atoms with Crippen molar-refractivity contribution in [1.82, 2.24) is 10.1 Å². The lowest BCUT2D eigenvalue weighted by Crippen LogP contribution is -2.46. The van der Waals surface area contributed by atoms with Crippen LogP contribution in [-0.4, -0.2) is 34.7 Å². The third-order valence-electron chi connectivity index (χ3n) is 3.29. The zero-order chi connectivity index (χ0) is 14.0. The quantitative estimate of drug-likeness (QED) is 0.829. The molecular weight excluding hydrogens is 261 g/mol. The molecule has 1 amide bonds. The van der Waals surface area contributed by atoms with Crippen LogP contribution in [0, 0.1) is 5.92 Å². The van der Waals surface area contributed by atoms with Crippen LogP contribution in [0.25, 0.3) is 0 Å². The predicted octanol–water partition coefficient (Wildman–Crippen LogP) is 2.41. The van der Waals surface area contributed by atoms with Gasteiger partial charge in [0.25, 0.3) is 0 Å². The Hall–Kier alpha value is -1.53. The number of alkyl halides is 3. The van der Waals surface area contributed by atoms with Crippen molar-refractivity contribution in [2.24, 2.45) is 5.92 Å². The van der Waals surface area contributed by atoms with Crippen molar-refractivity contribution in [3.63, 3.8) is 0 Å². The molecule has 1 aliphatic rings. The van der Waals surface area contributed by atoms with E-state index in [1.165, 1.54) is 12.3 Å². The summed E-state index contributed by atoms with van der Waals surface area (Å²) < 4.78 is 42.3. The number of amides is 1. The molecule has 1 atom stereocenters. The van der Waals surface area contributed by atoms with E-state index in [0.29, 0.717) is 5.69 Å². The first-order chi connectivity index (χ1) is 8.87. The summed E-state index contributed by atoms with van der Waals surface area (Å²) in [5.41, 5.74) is 0.347. The average Bonchev–Trinajstić information content (AvgIpc) is 3.04. The van der Waals surface area contributed by atoms with Gasteiger partial charge in [-0.15, -0.1) is 0 Å². The van der Waals surface area contributed by atoms with Crippen LogP contribution >= 0.6 is 0 Å². The van der Waals surface area contributed by atoms with E-state index < -0.39 is 18.6 Å². The van der Waals surface area contributed by atoms with Crippen LogP contribution in [0.15, 0.2) is 16.9 Å². The summed E-state index contributed by atoms with van der Waals surface area (Å²) in [5, 5.41) is 3.55. The average molecular weight is 276 g/mol. The zero-order valence-corrected chi connectivity index (χ0v) is 10.5. The minimum absolute atomic E-state index is 0.163. The molecule has 0 aromatic carbocycles. The van der Waals surface area contributed by atoms with Crippen molar-refractivity contribution in [2.75, 3.05) is 6.54 Å². The number of carbonyl (C=O) groups is 1. The molecule has 1 aliphatic carbocycles. The number of hydrogen-bond acceptors (Lipinski definition) is 3. The van der Waals surface area contributed by atoms with Crippen LogP contribution in [0.4, 0.5) is 13.2 Å². The molecule has 106 valence electrons. The third kappa shape index (κ3) is 3.97. The Bertz CT molecular complexity index is 427. The smallest absolute Gasteiger partial charge is 0.364 e. The van der Waals surface area contributed by atoms with E-state index >= 15 is 0 Å². The molecule has 0 aliphatic heterocycles. The summed E-state index contributed by atoms with van der Waals surface area (Å²) in [6.07, 6.45) is -1.49.